The summed E-state index contributed by atoms with van der Waals surface area (Å²) < 4.78 is 0. The van der Waals surface area contributed by atoms with Gasteiger partial charge in [-0.2, -0.15) is 0 Å². The Bertz CT molecular complexity index is 603. The highest BCUT2D eigenvalue weighted by Crippen LogP contribution is 2.35. The molecule has 0 saturated heterocycles. The fraction of sp³-hybridized carbons (Fsp3) is 0.556. The van der Waals surface area contributed by atoms with Crippen molar-refractivity contribution in [3.05, 3.63) is 35.5 Å². The maximum atomic E-state index is 3.84. The summed E-state index contributed by atoms with van der Waals surface area (Å²) in [4.78, 5) is 3.66. The number of nitrogens with one attached hydrogen (secondary N) is 2. The van der Waals surface area contributed by atoms with Crippen LogP contribution in [0.1, 0.15) is 57.8 Å². The molecule has 2 heteroatoms. The lowest BCUT2D eigenvalue weighted by Gasteiger charge is -2.34. The molecule has 1 aliphatic carbocycles. The molecule has 2 atom stereocenters. The van der Waals surface area contributed by atoms with Crippen molar-refractivity contribution in [3.63, 3.8) is 0 Å². The molecule has 0 amide bonds. The standard InChI is InChI=1S/C18H26N2/c1-12(18(2,3)4)19-16-11-7-9-14-13-8-5-6-10-15(13)20-17(14)16/h5-6,8,10,12,16,19-20H,7,9,11H2,1-4H3. The summed E-state index contributed by atoms with van der Waals surface area (Å²) >= 11 is 0. The number of hydrogen-bond acceptors (Lipinski definition) is 1. The van der Waals surface area contributed by atoms with Crippen LogP contribution in [0.15, 0.2) is 24.3 Å². The van der Waals surface area contributed by atoms with Crippen molar-refractivity contribution in [2.45, 2.75) is 59.0 Å². The molecule has 0 spiro atoms. The fourth-order valence-corrected chi connectivity index (χ4v) is 3.13. The molecular weight excluding hydrogens is 244 g/mol. The lowest BCUT2D eigenvalue weighted by molar-refractivity contribution is 0.252. The second kappa shape index (κ2) is 4.92. The Hall–Kier alpha value is -1.28. The van der Waals surface area contributed by atoms with Gasteiger partial charge in [-0.25, -0.2) is 0 Å². The minimum atomic E-state index is 0.295. The van der Waals surface area contributed by atoms with Gasteiger partial charge in [-0.3, -0.25) is 0 Å². The van der Waals surface area contributed by atoms with Gasteiger partial charge in [-0.1, -0.05) is 39.0 Å². The van der Waals surface area contributed by atoms with Crippen LogP contribution >= 0.6 is 0 Å². The lowest BCUT2D eigenvalue weighted by Crippen LogP contribution is -2.41. The second-order valence-electron chi connectivity index (χ2n) is 7.26. The molecule has 3 rings (SSSR count). The highest BCUT2D eigenvalue weighted by atomic mass is 15.0. The van der Waals surface area contributed by atoms with Gasteiger partial charge in [0.15, 0.2) is 0 Å². The molecule has 2 unspecified atom stereocenters. The Labute approximate surface area is 122 Å². The van der Waals surface area contributed by atoms with Crippen LogP contribution in [-0.2, 0) is 6.42 Å². The van der Waals surface area contributed by atoms with Crippen molar-refractivity contribution in [2.24, 2.45) is 5.41 Å². The molecule has 1 aliphatic rings. The van der Waals surface area contributed by atoms with Crippen LogP contribution in [0.3, 0.4) is 0 Å². The maximum absolute atomic E-state index is 3.84. The van der Waals surface area contributed by atoms with Gasteiger partial charge < -0.3 is 10.3 Å². The average molecular weight is 270 g/mol. The number of hydrogen-bond donors (Lipinski definition) is 2. The highest BCUT2D eigenvalue weighted by Gasteiger charge is 2.28. The Morgan fingerprint density at radius 1 is 1.25 bits per heavy atom. The zero-order chi connectivity index (χ0) is 14.3. The van der Waals surface area contributed by atoms with Gasteiger partial charge in [0, 0.05) is 28.7 Å². The first-order valence-electron chi connectivity index (χ1n) is 7.82. The molecule has 2 aromatic rings. The largest absolute Gasteiger partial charge is 0.357 e. The van der Waals surface area contributed by atoms with Crippen molar-refractivity contribution in [1.29, 1.82) is 0 Å². The van der Waals surface area contributed by atoms with Crippen molar-refractivity contribution in [2.75, 3.05) is 0 Å². The number of aryl methyl sites for hydroxylation is 1. The summed E-state index contributed by atoms with van der Waals surface area (Å²) in [5.41, 5.74) is 4.54. The smallest absolute Gasteiger partial charge is 0.0478 e. The molecule has 0 saturated carbocycles. The monoisotopic (exact) mass is 270 g/mol. The quantitative estimate of drug-likeness (QED) is 0.822. The van der Waals surface area contributed by atoms with Gasteiger partial charge in [0.05, 0.1) is 0 Å². The van der Waals surface area contributed by atoms with E-state index in [1.54, 1.807) is 0 Å². The van der Waals surface area contributed by atoms with Gasteiger partial charge >= 0.3 is 0 Å². The molecule has 20 heavy (non-hydrogen) atoms. The van der Waals surface area contributed by atoms with E-state index in [1.165, 1.54) is 41.4 Å². The first-order valence-corrected chi connectivity index (χ1v) is 7.82. The van der Waals surface area contributed by atoms with Gasteiger partial charge in [-0.05, 0) is 43.2 Å². The number of aromatic nitrogens is 1. The number of benzene rings is 1. The van der Waals surface area contributed by atoms with Crippen LogP contribution < -0.4 is 5.32 Å². The topological polar surface area (TPSA) is 27.8 Å². The van der Waals surface area contributed by atoms with Crippen LogP contribution in [0, 0.1) is 5.41 Å². The summed E-state index contributed by atoms with van der Waals surface area (Å²) in [6.07, 6.45) is 3.73. The van der Waals surface area contributed by atoms with Crippen LogP contribution in [0.2, 0.25) is 0 Å². The molecule has 1 aromatic carbocycles. The molecule has 1 heterocycles. The van der Waals surface area contributed by atoms with Crippen LogP contribution in [0.5, 0.6) is 0 Å². The number of aromatic amines is 1. The molecule has 2 N–H and O–H groups in total. The third-order valence-electron chi connectivity index (χ3n) is 4.86. The zero-order valence-electron chi connectivity index (χ0n) is 13.1. The number of H-pyrrole nitrogens is 1. The van der Waals surface area contributed by atoms with Crippen molar-refractivity contribution in [3.8, 4) is 0 Å². The fourth-order valence-electron chi connectivity index (χ4n) is 3.13. The molecule has 0 fully saturated rings. The first kappa shape index (κ1) is 13.7. The Balaban J connectivity index is 1.94. The third kappa shape index (κ3) is 2.37. The Kier molecular flexibility index (Phi) is 3.37. The van der Waals surface area contributed by atoms with E-state index in [2.05, 4.69) is 62.3 Å². The summed E-state index contributed by atoms with van der Waals surface area (Å²) in [5, 5.41) is 5.26. The van der Waals surface area contributed by atoms with Crippen molar-refractivity contribution in [1.82, 2.24) is 10.3 Å². The summed E-state index contributed by atoms with van der Waals surface area (Å²) in [6.45, 7) is 9.22. The van der Waals surface area contributed by atoms with Crippen LogP contribution in [0.4, 0.5) is 0 Å². The zero-order valence-corrected chi connectivity index (χ0v) is 13.1. The lowest BCUT2D eigenvalue weighted by atomic mass is 9.85. The molecule has 1 aromatic heterocycles. The molecule has 0 aliphatic heterocycles. The van der Waals surface area contributed by atoms with Crippen molar-refractivity contribution < 1.29 is 0 Å². The predicted molar refractivity (Wildman–Crippen MR) is 86.0 cm³/mol. The van der Waals surface area contributed by atoms with E-state index in [9.17, 15) is 0 Å². The number of fused-ring (bicyclic) bond motifs is 3. The predicted octanol–water partition coefficient (Wildman–Crippen LogP) is 4.57. The van der Waals surface area contributed by atoms with E-state index < -0.39 is 0 Å². The first-order chi connectivity index (χ1) is 9.47. The molecular formula is C18H26N2. The normalized spacial score (nSPS) is 20.9. The summed E-state index contributed by atoms with van der Waals surface area (Å²) in [6, 6.07) is 9.68. The average Bonchev–Trinajstić information content (AvgIpc) is 2.77. The van der Waals surface area contributed by atoms with Crippen LogP contribution in [-0.4, -0.2) is 11.0 Å². The summed E-state index contributed by atoms with van der Waals surface area (Å²) in [7, 11) is 0. The van der Waals surface area contributed by atoms with Gasteiger partial charge in [0.1, 0.15) is 0 Å². The Morgan fingerprint density at radius 2 is 2.00 bits per heavy atom. The van der Waals surface area contributed by atoms with Gasteiger partial charge in [0.2, 0.25) is 0 Å². The molecule has 0 radical (unpaired) electrons. The van der Waals surface area contributed by atoms with E-state index >= 15 is 0 Å². The van der Waals surface area contributed by atoms with Crippen molar-refractivity contribution >= 4 is 10.9 Å². The third-order valence-corrected chi connectivity index (χ3v) is 4.86. The molecule has 2 nitrogen and oxygen atoms in total. The minimum Gasteiger partial charge on any atom is -0.357 e. The maximum Gasteiger partial charge on any atom is 0.0478 e. The van der Waals surface area contributed by atoms with Crippen LogP contribution in [0.25, 0.3) is 10.9 Å². The van der Waals surface area contributed by atoms with E-state index in [0.29, 0.717) is 17.5 Å². The van der Waals surface area contributed by atoms with E-state index in [1.807, 2.05) is 0 Å². The Morgan fingerprint density at radius 3 is 2.75 bits per heavy atom. The van der Waals surface area contributed by atoms with Gasteiger partial charge in [-0.15, -0.1) is 0 Å². The number of para-hydroxylation sites is 1. The van der Waals surface area contributed by atoms with E-state index in [4.69, 9.17) is 0 Å². The van der Waals surface area contributed by atoms with E-state index in [0.717, 1.165) is 0 Å². The second-order valence-corrected chi connectivity index (χ2v) is 7.26. The SMILES string of the molecule is CC(NC1CCCc2c1[nH]c1ccccc21)C(C)(C)C. The molecule has 0 bridgehead atoms. The summed E-state index contributed by atoms with van der Waals surface area (Å²) in [5.74, 6) is 0. The van der Waals surface area contributed by atoms with Gasteiger partial charge in [0.25, 0.3) is 0 Å². The number of rotatable bonds is 2. The highest BCUT2D eigenvalue weighted by molar-refractivity contribution is 5.85. The minimum absolute atomic E-state index is 0.295. The molecule has 108 valence electrons. The van der Waals surface area contributed by atoms with E-state index in [-0.39, 0.29) is 0 Å².